The minimum absolute atomic E-state index is 0.00388. The van der Waals surface area contributed by atoms with E-state index in [9.17, 15) is 21.2 Å². The molecule has 19 heteroatoms. The lowest BCUT2D eigenvalue weighted by Gasteiger charge is -2.23. The first-order valence-corrected chi connectivity index (χ1v) is 25.5. The fourth-order valence-corrected chi connectivity index (χ4v) is 9.76. The number of methoxy groups -OCH3 is 5. The summed E-state index contributed by atoms with van der Waals surface area (Å²) < 4.78 is 116. The molecule has 0 amide bonds. The molecular formula is C54H55FN4O12S2. The van der Waals surface area contributed by atoms with E-state index < -0.39 is 25.9 Å². The van der Waals surface area contributed by atoms with E-state index in [-0.39, 0.29) is 26.6 Å². The largest absolute Gasteiger partial charge is 0.496 e. The van der Waals surface area contributed by atoms with Gasteiger partial charge in [0.2, 0.25) is 0 Å². The van der Waals surface area contributed by atoms with Gasteiger partial charge in [-0.1, -0.05) is 20.8 Å². The van der Waals surface area contributed by atoms with Gasteiger partial charge in [0.25, 0.3) is 20.0 Å². The summed E-state index contributed by atoms with van der Waals surface area (Å²) in [7, 11) is -0.0907. The van der Waals surface area contributed by atoms with E-state index in [0.29, 0.717) is 86.0 Å². The average Bonchev–Trinajstić information content (AvgIpc) is 3.37. The molecule has 382 valence electrons. The molecule has 2 N–H and O–H groups in total. The Labute approximate surface area is 424 Å². The summed E-state index contributed by atoms with van der Waals surface area (Å²) in [5.74, 6) is 4.27. The summed E-state index contributed by atoms with van der Waals surface area (Å²) in [5, 5.41) is 1.38. The summed E-state index contributed by atoms with van der Waals surface area (Å²) in [6, 6.07) is 30.3. The molecule has 0 fully saturated rings. The van der Waals surface area contributed by atoms with Crippen molar-refractivity contribution in [3.8, 4) is 57.5 Å². The maximum atomic E-state index is 14.9. The quantitative estimate of drug-likeness (QED) is 0.0875. The van der Waals surface area contributed by atoms with Gasteiger partial charge in [0, 0.05) is 52.6 Å². The van der Waals surface area contributed by atoms with Crippen LogP contribution in [0.1, 0.15) is 38.8 Å². The van der Waals surface area contributed by atoms with E-state index in [4.69, 9.17) is 37.9 Å². The van der Waals surface area contributed by atoms with Crippen LogP contribution in [0.2, 0.25) is 0 Å². The Morgan fingerprint density at radius 2 is 1.00 bits per heavy atom. The normalized spacial score (nSPS) is 11.5. The maximum Gasteiger partial charge on any atom is 0.262 e. The number of ether oxygens (including phenoxy) is 8. The van der Waals surface area contributed by atoms with Crippen molar-refractivity contribution >= 4 is 53.2 Å². The van der Waals surface area contributed by atoms with E-state index in [2.05, 4.69) is 19.4 Å². The van der Waals surface area contributed by atoms with Gasteiger partial charge in [0.15, 0.2) is 28.8 Å². The van der Waals surface area contributed by atoms with Crippen LogP contribution in [0.25, 0.3) is 21.8 Å². The zero-order valence-corrected chi connectivity index (χ0v) is 43.5. The van der Waals surface area contributed by atoms with Crippen molar-refractivity contribution in [3.05, 3.63) is 145 Å². The number of fused-ring (bicyclic) bond motifs is 2. The highest BCUT2D eigenvalue weighted by atomic mass is 32.2. The van der Waals surface area contributed by atoms with Gasteiger partial charge in [-0.2, -0.15) is 0 Å². The Kier molecular flexibility index (Phi) is 16.0. The summed E-state index contributed by atoms with van der Waals surface area (Å²) in [6.45, 7) is 10.1. The summed E-state index contributed by atoms with van der Waals surface area (Å²) in [4.78, 5) is 8.85. The van der Waals surface area contributed by atoms with Crippen LogP contribution in [-0.2, 0) is 25.5 Å². The molecule has 0 spiro atoms. The molecule has 0 aliphatic carbocycles. The van der Waals surface area contributed by atoms with Gasteiger partial charge in [0.1, 0.15) is 34.5 Å². The van der Waals surface area contributed by atoms with Crippen molar-refractivity contribution in [1.29, 1.82) is 0 Å². The number of pyridine rings is 2. The first-order valence-electron chi connectivity index (χ1n) is 22.6. The van der Waals surface area contributed by atoms with Crippen LogP contribution in [0, 0.1) is 12.7 Å². The number of rotatable bonds is 17. The predicted octanol–water partition coefficient (Wildman–Crippen LogP) is 11.8. The van der Waals surface area contributed by atoms with Crippen LogP contribution in [-0.4, -0.2) is 69.0 Å². The number of hydrogen-bond acceptors (Lipinski definition) is 14. The molecule has 0 bridgehead atoms. The highest BCUT2D eigenvalue weighted by Gasteiger charge is 2.24. The highest BCUT2D eigenvalue weighted by Crippen LogP contribution is 2.40. The number of aryl methyl sites for hydroxylation is 1. The molecule has 0 aliphatic heterocycles. The zero-order chi connectivity index (χ0) is 52.7. The lowest BCUT2D eigenvalue weighted by molar-refractivity contribution is 0.337. The number of sulfonamides is 2. The molecule has 0 unspecified atom stereocenters. The number of nitrogens with one attached hydrogen (secondary N) is 2. The van der Waals surface area contributed by atoms with E-state index in [1.54, 1.807) is 120 Å². The van der Waals surface area contributed by atoms with E-state index >= 15 is 0 Å². The topological polar surface area (TPSA) is 192 Å². The molecule has 8 aromatic rings. The van der Waals surface area contributed by atoms with Crippen molar-refractivity contribution in [2.75, 3.05) is 51.6 Å². The third kappa shape index (κ3) is 12.2. The number of halogens is 1. The second kappa shape index (κ2) is 22.2. The van der Waals surface area contributed by atoms with Crippen LogP contribution in [0.4, 0.5) is 15.8 Å². The van der Waals surface area contributed by atoms with Crippen molar-refractivity contribution in [1.82, 2.24) is 9.97 Å². The molecule has 0 saturated heterocycles. The number of nitrogens with zero attached hydrogens (tertiary/aromatic N) is 2. The minimum Gasteiger partial charge on any atom is -0.496 e. The van der Waals surface area contributed by atoms with Crippen molar-refractivity contribution < 1.29 is 59.1 Å². The van der Waals surface area contributed by atoms with E-state index in [1.807, 2.05) is 27.7 Å². The van der Waals surface area contributed by atoms with E-state index in [1.165, 1.54) is 44.6 Å². The van der Waals surface area contributed by atoms with Gasteiger partial charge in [-0.15, -0.1) is 0 Å². The minimum atomic E-state index is -4.03. The van der Waals surface area contributed by atoms with Crippen LogP contribution in [0.5, 0.6) is 57.5 Å². The fourth-order valence-electron chi connectivity index (χ4n) is 7.52. The lowest BCUT2D eigenvalue weighted by atomic mass is 9.86. The molecular weight excluding hydrogens is 980 g/mol. The molecule has 0 atom stereocenters. The van der Waals surface area contributed by atoms with Gasteiger partial charge in [0.05, 0.1) is 68.7 Å². The van der Waals surface area contributed by atoms with Crippen LogP contribution in [0.15, 0.2) is 137 Å². The van der Waals surface area contributed by atoms with Gasteiger partial charge >= 0.3 is 0 Å². The SMILES string of the molecule is CCOc1ccc(S(=O)(=O)Nc2ccc(Oc3ccnc4cc(OC)c(OC)cc34)cc2F)cc1C.COc1cc2nccc(Oc3ccc(NS(=O)(=O)c4ccc(OC)c(C(C)(C)C)c4)cc3)c2cc1OC. The van der Waals surface area contributed by atoms with Crippen LogP contribution >= 0.6 is 0 Å². The number of benzene rings is 6. The lowest BCUT2D eigenvalue weighted by Crippen LogP contribution is -2.17. The molecule has 0 saturated carbocycles. The Morgan fingerprint density at radius 3 is 1.49 bits per heavy atom. The average molecular weight is 1040 g/mol. The Hall–Kier alpha value is -8.03. The van der Waals surface area contributed by atoms with Crippen molar-refractivity contribution in [2.45, 2.75) is 49.8 Å². The maximum absolute atomic E-state index is 14.9. The molecule has 0 aliphatic rings. The van der Waals surface area contributed by atoms with Gasteiger partial charge in [-0.25, -0.2) is 21.2 Å². The monoisotopic (exact) mass is 1030 g/mol. The molecule has 6 aromatic carbocycles. The second-order valence-corrected chi connectivity index (χ2v) is 20.5. The molecule has 8 rings (SSSR count). The Balaban J connectivity index is 0.000000214. The first-order chi connectivity index (χ1) is 34.8. The third-order valence-electron chi connectivity index (χ3n) is 11.2. The van der Waals surface area contributed by atoms with Crippen molar-refractivity contribution in [3.63, 3.8) is 0 Å². The fraction of sp³-hybridized carbons (Fsp3) is 0.222. The number of aromatic nitrogens is 2. The van der Waals surface area contributed by atoms with E-state index in [0.717, 1.165) is 17.0 Å². The molecule has 2 heterocycles. The Morgan fingerprint density at radius 1 is 0.521 bits per heavy atom. The molecule has 2 aromatic heterocycles. The zero-order valence-electron chi connectivity index (χ0n) is 41.8. The van der Waals surface area contributed by atoms with Crippen LogP contribution in [0.3, 0.4) is 0 Å². The predicted molar refractivity (Wildman–Crippen MR) is 278 cm³/mol. The van der Waals surface area contributed by atoms with Gasteiger partial charge in [-0.3, -0.25) is 19.4 Å². The Bertz CT molecular complexity index is 3520. The van der Waals surface area contributed by atoms with Gasteiger partial charge < -0.3 is 37.9 Å². The molecule has 73 heavy (non-hydrogen) atoms. The molecule has 16 nitrogen and oxygen atoms in total. The summed E-state index contributed by atoms with van der Waals surface area (Å²) in [6.07, 6.45) is 3.20. The smallest absolute Gasteiger partial charge is 0.262 e. The van der Waals surface area contributed by atoms with Crippen LogP contribution < -0.4 is 47.3 Å². The number of hydrogen-bond donors (Lipinski definition) is 2. The number of anilines is 2. The molecule has 0 radical (unpaired) electrons. The second-order valence-electron chi connectivity index (χ2n) is 17.1. The standard InChI is InChI=1S/C28H30N2O6S.C26H25FN2O6S/c1-28(2,3)22-15-20(11-12-25(22)33-4)37(31,32)30-18-7-9-19(10-8-18)36-24-13-14-29-23-17-27(35-6)26(34-5)16-21(23)24;1-5-34-23-9-7-18(12-16(23)2)36(30,31)29-21-8-6-17(13-20(21)27)35-24-10-11-28-22-15-26(33-4)25(32-3)14-19(22)24/h7-17,30H,1-6H3;6-15,29H,5H2,1-4H3. The summed E-state index contributed by atoms with van der Waals surface area (Å²) in [5.41, 5.74) is 2.66. The van der Waals surface area contributed by atoms with Crippen molar-refractivity contribution in [2.24, 2.45) is 0 Å². The van der Waals surface area contributed by atoms with Gasteiger partial charge in [-0.05, 0) is 122 Å². The first kappa shape index (κ1) is 52.8. The summed E-state index contributed by atoms with van der Waals surface area (Å²) >= 11 is 0. The third-order valence-corrected chi connectivity index (χ3v) is 13.9. The highest BCUT2D eigenvalue weighted by molar-refractivity contribution is 7.93.